The van der Waals surface area contributed by atoms with Crippen LogP contribution in [0.15, 0.2) is 28.7 Å². The lowest BCUT2D eigenvalue weighted by molar-refractivity contribution is 0.0363. The van der Waals surface area contributed by atoms with Gasteiger partial charge in [-0.1, -0.05) is 22.0 Å². The van der Waals surface area contributed by atoms with E-state index < -0.39 is 0 Å². The summed E-state index contributed by atoms with van der Waals surface area (Å²) in [5.41, 5.74) is 1.64. The topological polar surface area (TPSA) is 35.8 Å². The molecule has 1 aromatic carbocycles. The molecule has 2 bridgehead atoms. The van der Waals surface area contributed by atoms with Gasteiger partial charge in [0.25, 0.3) is 0 Å². The molecule has 0 spiro atoms. The maximum Gasteiger partial charge on any atom is 0.0689 e. The van der Waals surface area contributed by atoms with Crippen molar-refractivity contribution < 1.29 is 0 Å². The van der Waals surface area contributed by atoms with Gasteiger partial charge in [0.1, 0.15) is 0 Å². The highest BCUT2D eigenvalue weighted by molar-refractivity contribution is 9.10. The highest BCUT2D eigenvalue weighted by Gasteiger charge is 2.48. The van der Waals surface area contributed by atoms with Crippen LogP contribution in [0, 0.1) is 22.2 Å². The van der Waals surface area contributed by atoms with E-state index in [0.717, 1.165) is 30.3 Å². The number of nitrogens with zero attached hydrogens (tertiary/aromatic N) is 1. The van der Waals surface area contributed by atoms with Crippen LogP contribution in [0.2, 0.25) is 0 Å². The molecule has 0 heterocycles. The fourth-order valence-electron chi connectivity index (χ4n) is 3.58. The second kappa shape index (κ2) is 4.83. The van der Waals surface area contributed by atoms with Gasteiger partial charge in [0.2, 0.25) is 0 Å². The lowest BCUT2D eigenvalue weighted by Crippen LogP contribution is -2.44. The molecule has 0 saturated heterocycles. The van der Waals surface area contributed by atoms with Gasteiger partial charge in [-0.2, -0.15) is 5.26 Å². The molecule has 1 N–H and O–H groups in total. The summed E-state index contributed by atoms with van der Waals surface area (Å²) in [6, 6.07) is 10.9. The van der Waals surface area contributed by atoms with Crippen molar-refractivity contribution in [1.82, 2.24) is 0 Å². The van der Waals surface area contributed by atoms with Crippen LogP contribution in [0.1, 0.15) is 38.5 Å². The molecular formula is C16H19BrN2. The number of fused-ring (bicyclic) bond motifs is 3. The van der Waals surface area contributed by atoms with Gasteiger partial charge < -0.3 is 5.32 Å². The predicted molar refractivity (Wildman–Crippen MR) is 80.8 cm³/mol. The van der Waals surface area contributed by atoms with Crippen molar-refractivity contribution in [3.63, 3.8) is 0 Å². The molecule has 0 aliphatic heterocycles. The molecule has 0 amide bonds. The zero-order valence-corrected chi connectivity index (χ0v) is 12.7. The van der Waals surface area contributed by atoms with E-state index in [1.807, 2.05) is 6.07 Å². The van der Waals surface area contributed by atoms with Gasteiger partial charge in [0.15, 0.2) is 0 Å². The summed E-state index contributed by atoms with van der Waals surface area (Å²) in [7, 11) is 0. The molecule has 1 aromatic rings. The highest BCUT2D eigenvalue weighted by Crippen LogP contribution is 2.56. The average molecular weight is 319 g/mol. The standard InChI is InChI=1S/C16H19BrN2/c17-13-2-1-3-14(10-13)19-12-16-7-4-15(11-18,5-8-16)6-9-16/h1-3,10,19H,4-9,12H2. The average Bonchev–Trinajstić information content (AvgIpc) is 2.47. The lowest BCUT2D eigenvalue weighted by atomic mass is 9.54. The quantitative estimate of drug-likeness (QED) is 0.874. The molecule has 4 rings (SSSR count). The Morgan fingerprint density at radius 2 is 1.84 bits per heavy atom. The number of nitrogens with one attached hydrogen (secondary N) is 1. The van der Waals surface area contributed by atoms with E-state index in [9.17, 15) is 5.26 Å². The van der Waals surface area contributed by atoms with Gasteiger partial charge >= 0.3 is 0 Å². The fourth-order valence-corrected chi connectivity index (χ4v) is 3.98. The van der Waals surface area contributed by atoms with Crippen LogP contribution >= 0.6 is 15.9 Å². The summed E-state index contributed by atoms with van der Waals surface area (Å²) in [4.78, 5) is 0. The Kier molecular flexibility index (Phi) is 3.30. The Balaban J connectivity index is 1.64. The van der Waals surface area contributed by atoms with Crippen LogP contribution in [0.4, 0.5) is 5.69 Å². The third-order valence-electron chi connectivity index (χ3n) is 5.13. The molecule has 0 radical (unpaired) electrons. The van der Waals surface area contributed by atoms with Crippen molar-refractivity contribution in [3.8, 4) is 6.07 Å². The SMILES string of the molecule is N#CC12CCC(CNc3cccc(Br)c3)(CC1)CC2. The highest BCUT2D eigenvalue weighted by atomic mass is 79.9. The Bertz CT molecular complexity index is 493. The van der Waals surface area contributed by atoms with E-state index in [2.05, 4.69) is 45.5 Å². The first kappa shape index (κ1) is 13.0. The first-order chi connectivity index (χ1) is 9.15. The van der Waals surface area contributed by atoms with Crippen LogP contribution < -0.4 is 5.32 Å². The van der Waals surface area contributed by atoms with E-state index in [-0.39, 0.29) is 5.41 Å². The van der Waals surface area contributed by atoms with E-state index in [0.29, 0.717) is 5.41 Å². The molecule has 3 fully saturated rings. The van der Waals surface area contributed by atoms with Crippen LogP contribution in [-0.2, 0) is 0 Å². The minimum atomic E-state index is 0.0253. The first-order valence-corrected chi connectivity index (χ1v) is 7.86. The van der Waals surface area contributed by atoms with Crippen molar-refractivity contribution in [2.45, 2.75) is 38.5 Å². The maximum atomic E-state index is 9.32. The van der Waals surface area contributed by atoms with E-state index in [1.165, 1.54) is 24.9 Å². The molecule has 3 heteroatoms. The molecule has 0 atom stereocenters. The lowest BCUT2D eigenvalue weighted by Gasteiger charge is -2.50. The molecule has 3 saturated carbocycles. The molecule has 0 unspecified atom stereocenters. The zero-order valence-electron chi connectivity index (χ0n) is 11.1. The summed E-state index contributed by atoms with van der Waals surface area (Å²) >= 11 is 3.51. The molecule has 3 aliphatic carbocycles. The Labute approximate surface area is 123 Å². The van der Waals surface area contributed by atoms with Crippen molar-refractivity contribution in [2.75, 3.05) is 11.9 Å². The minimum absolute atomic E-state index is 0.0253. The summed E-state index contributed by atoms with van der Waals surface area (Å²) in [6.07, 6.45) is 6.93. The van der Waals surface area contributed by atoms with Crippen molar-refractivity contribution in [1.29, 1.82) is 5.26 Å². The van der Waals surface area contributed by atoms with Gasteiger partial charge in [0, 0.05) is 16.7 Å². The van der Waals surface area contributed by atoms with E-state index in [4.69, 9.17) is 0 Å². The largest absolute Gasteiger partial charge is 0.384 e. The Morgan fingerprint density at radius 1 is 1.16 bits per heavy atom. The van der Waals surface area contributed by atoms with Crippen LogP contribution in [-0.4, -0.2) is 6.54 Å². The fraction of sp³-hybridized carbons (Fsp3) is 0.562. The van der Waals surface area contributed by atoms with Gasteiger partial charge in [-0.15, -0.1) is 0 Å². The van der Waals surface area contributed by atoms with Crippen molar-refractivity contribution in [3.05, 3.63) is 28.7 Å². The minimum Gasteiger partial charge on any atom is -0.384 e. The Hall–Kier alpha value is -1.01. The number of rotatable bonds is 3. The Morgan fingerprint density at radius 3 is 2.42 bits per heavy atom. The monoisotopic (exact) mass is 318 g/mol. The number of halogens is 1. The molecule has 0 aromatic heterocycles. The number of nitriles is 1. The molecule has 2 nitrogen and oxygen atoms in total. The number of hydrogen-bond donors (Lipinski definition) is 1. The van der Waals surface area contributed by atoms with Gasteiger partial charge in [-0.3, -0.25) is 0 Å². The zero-order chi connectivity index (χ0) is 13.3. The van der Waals surface area contributed by atoms with Gasteiger partial charge in [-0.25, -0.2) is 0 Å². The number of anilines is 1. The van der Waals surface area contributed by atoms with Crippen molar-refractivity contribution in [2.24, 2.45) is 10.8 Å². The first-order valence-electron chi connectivity index (χ1n) is 7.06. The summed E-state index contributed by atoms with van der Waals surface area (Å²) in [5.74, 6) is 0. The summed E-state index contributed by atoms with van der Waals surface area (Å²) in [6.45, 7) is 1.05. The van der Waals surface area contributed by atoms with E-state index >= 15 is 0 Å². The second-order valence-electron chi connectivity index (χ2n) is 6.26. The van der Waals surface area contributed by atoms with Crippen molar-refractivity contribution >= 4 is 21.6 Å². The number of hydrogen-bond acceptors (Lipinski definition) is 2. The predicted octanol–water partition coefficient (Wildman–Crippen LogP) is 4.73. The maximum absolute atomic E-state index is 9.32. The smallest absolute Gasteiger partial charge is 0.0689 e. The molecular weight excluding hydrogens is 300 g/mol. The van der Waals surface area contributed by atoms with Crippen LogP contribution in [0.25, 0.3) is 0 Å². The third-order valence-corrected chi connectivity index (χ3v) is 5.62. The molecule has 19 heavy (non-hydrogen) atoms. The van der Waals surface area contributed by atoms with Crippen LogP contribution in [0.5, 0.6) is 0 Å². The summed E-state index contributed by atoms with van der Waals surface area (Å²) < 4.78 is 1.12. The third kappa shape index (κ3) is 2.51. The van der Waals surface area contributed by atoms with E-state index in [1.54, 1.807) is 0 Å². The van der Waals surface area contributed by atoms with Gasteiger partial charge in [0.05, 0.1) is 11.5 Å². The normalized spacial score (nSPS) is 32.8. The van der Waals surface area contributed by atoms with Crippen LogP contribution in [0.3, 0.4) is 0 Å². The second-order valence-corrected chi connectivity index (χ2v) is 7.17. The molecule has 3 aliphatic rings. The number of benzene rings is 1. The molecule has 100 valence electrons. The summed E-state index contributed by atoms with van der Waals surface area (Å²) in [5, 5.41) is 12.9. The van der Waals surface area contributed by atoms with Gasteiger partial charge in [-0.05, 0) is 62.1 Å².